The van der Waals surface area contributed by atoms with Crippen LogP contribution >= 0.6 is 0 Å². The van der Waals surface area contributed by atoms with E-state index in [0.717, 1.165) is 38.9 Å². The summed E-state index contributed by atoms with van der Waals surface area (Å²) in [4.78, 5) is 14.9. The number of carbonyl (C=O) groups excluding carboxylic acids is 1. The molecule has 132 valence electrons. The lowest BCUT2D eigenvalue weighted by Crippen LogP contribution is -2.37. The van der Waals surface area contributed by atoms with Crippen LogP contribution in [0.2, 0.25) is 0 Å². The number of hydrogen-bond donors (Lipinski definition) is 1. The van der Waals surface area contributed by atoms with Gasteiger partial charge in [-0.05, 0) is 68.7 Å². The molecule has 1 unspecified atom stereocenters. The molecular formula is C21H25FN2O. The lowest BCUT2D eigenvalue weighted by molar-refractivity contribution is 0.0838. The number of likely N-dealkylation sites (tertiary alicyclic amines) is 1. The van der Waals surface area contributed by atoms with Crippen molar-refractivity contribution in [1.82, 2.24) is 4.90 Å². The van der Waals surface area contributed by atoms with Gasteiger partial charge in [0.15, 0.2) is 5.78 Å². The minimum Gasteiger partial charge on any atom is -0.324 e. The highest BCUT2D eigenvalue weighted by Crippen LogP contribution is 2.23. The maximum absolute atomic E-state index is 13.0. The molecule has 3 rings (SSSR count). The molecule has 2 N–H and O–H groups in total. The van der Waals surface area contributed by atoms with Gasteiger partial charge in [0, 0.05) is 17.5 Å². The molecule has 0 saturated carbocycles. The quantitative estimate of drug-likeness (QED) is 0.814. The summed E-state index contributed by atoms with van der Waals surface area (Å²) in [6.07, 6.45) is 2.63. The maximum Gasteiger partial charge on any atom is 0.166 e. The van der Waals surface area contributed by atoms with Gasteiger partial charge in [0.05, 0.1) is 0 Å². The van der Waals surface area contributed by atoms with E-state index in [2.05, 4.69) is 17.0 Å². The number of ketones is 1. The normalized spacial score (nSPS) is 17.4. The predicted molar refractivity (Wildman–Crippen MR) is 97.9 cm³/mol. The first kappa shape index (κ1) is 17.8. The van der Waals surface area contributed by atoms with E-state index in [-0.39, 0.29) is 23.6 Å². The van der Waals surface area contributed by atoms with Crippen LogP contribution in [-0.4, -0.2) is 30.3 Å². The Bertz CT molecular complexity index is 679. The van der Waals surface area contributed by atoms with Crippen molar-refractivity contribution in [3.8, 4) is 0 Å². The third kappa shape index (κ3) is 4.74. The molecule has 1 heterocycles. The number of Topliss-reactive ketones (excluding diaryl/α,β-unsaturated/α-hetero) is 1. The molecule has 0 spiro atoms. The van der Waals surface area contributed by atoms with Gasteiger partial charge in [-0.2, -0.15) is 0 Å². The Hall–Kier alpha value is -2.04. The van der Waals surface area contributed by atoms with E-state index in [0.29, 0.717) is 5.56 Å². The number of nitrogens with zero attached hydrogens (tertiary/aromatic N) is 1. The summed E-state index contributed by atoms with van der Waals surface area (Å²) in [6.45, 7) is 2.78. The summed E-state index contributed by atoms with van der Waals surface area (Å²) in [5, 5.41) is 0. The average Bonchev–Trinajstić information content (AvgIpc) is 2.67. The summed E-state index contributed by atoms with van der Waals surface area (Å²) < 4.78 is 13.0. The van der Waals surface area contributed by atoms with Crippen LogP contribution in [-0.2, 0) is 0 Å². The summed E-state index contributed by atoms with van der Waals surface area (Å²) in [6, 6.07) is 16.1. The Morgan fingerprint density at radius 2 is 1.72 bits per heavy atom. The van der Waals surface area contributed by atoms with E-state index in [1.807, 2.05) is 18.2 Å². The Labute approximate surface area is 148 Å². The van der Waals surface area contributed by atoms with Gasteiger partial charge in [-0.3, -0.25) is 4.79 Å². The van der Waals surface area contributed by atoms with Crippen LogP contribution in [0.15, 0.2) is 54.6 Å². The van der Waals surface area contributed by atoms with Crippen molar-refractivity contribution in [2.24, 2.45) is 11.7 Å². The van der Waals surface area contributed by atoms with Crippen LogP contribution in [0.3, 0.4) is 0 Å². The van der Waals surface area contributed by atoms with Crippen LogP contribution < -0.4 is 5.73 Å². The van der Waals surface area contributed by atoms with E-state index in [4.69, 9.17) is 5.73 Å². The largest absolute Gasteiger partial charge is 0.324 e. The Morgan fingerprint density at radius 1 is 1.08 bits per heavy atom. The van der Waals surface area contributed by atoms with Crippen LogP contribution in [0, 0.1) is 11.7 Å². The zero-order chi connectivity index (χ0) is 17.6. The molecule has 1 aliphatic rings. The lowest BCUT2D eigenvalue weighted by atomic mass is 9.88. The SMILES string of the molecule is NC(CCN1CCC(C(=O)c2ccc(F)cc2)CC1)c1ccccc1. The van der Waals surface area contributed by atoms with Gasteiger partial charge >= 0.3 is 0 Å². The molecular weight excluding hydrogens is 315 g/mol. The minimum absolute atomic E-state index is 0.0458. The smallest absolute Gasteiger partial charge is 0.166 e. The van der Waals surface area contributed by atoms with E-state index in [9.17, 15) is 9.18 Å². The number of piperidine rings is 1. The number of carbonyl (C=O) groups is 1. The summed E-state index contributed by atoms with van der Waals surface area (Å²) in [5.41, 5.74) is 8.05. The number of benzene rings is 2. The third-order valence-electron chi connectivity index (χ3n) is 5.07. The topological polar surface area (TPSA) is 46.3 Å². The van der Waals surface area contributed by atoms with E-state index >= 15 is 0 Å². The molecule has 3 nitrogen and oxygen atoms in total. The van der Waals surface area contributed by atoms with Gasteiger partial charge in [0.1, 0.15) is 5.82 Å². The van der Waals surface area contributed by atoms with Crippen LogP contribution in [0.1, 0.15) is 41.2 Å². The van der Waals surface area contributed by atoms with Crippen LogP contribution in [0.5, 0.6) is 0 Å². The fourth-order valence-electron chi connectivity index (χ4n) is 3.46. The molecule has 1 atom stereocenters. The highest BCUT2D eigenvalue weighted by molar-refractivity contribution is 5.97. The minimum atomic E-state index is -0.305. The zero-order valence-electron chi connectivity index (χ0n) is 14.4. The second-order valence-electron chi connectivity index (χ2n) is 6.79. The van der Waals surface area contributed by atoms with Gasteiger partial charge < -0.3 is 10.6 Å². The first-order chi connectivity index (χ1) is 12.1. The van der Waals surface area contributed by atoms with Crippen molar-refractivity contribution in [2.45, 2.75) is 25.3 Å². The molecule has 0 radical (unpaired) electrons. The van der Waals surface area contributed by atoms with Gasteiger partial charge in [-0.25, -0.2) is 4.39 Å². The standard InChI is InChI=1S/C21H25FN2O/c22-19-8-6-17(7-9-19)21(25)18-10-13-24(14-11-18)15-12-20(23)16-4-2-1-3-5-16/h1-9,18,20H,10-15,23H2. The summed E-state index contributed by atoms with van der Waals surface area (Å²) in [5.74, 6) is -0.119. The summed E-state index contributed by atoms with van der Waals surface area (Å²) >= 11 is 0. The van der Waals surface area contributed by atoms with Gasteiger partial charge in [-0.1, -0.05) is 30.3 Å². The molecule has 25 heavy (non-hydrogen) atoms. The van der Waals surface area contributed by atoms with Crippen molar-refractivity contribution in [2.75, 3.05) is 19.6 Å². The molecule has 2 aromatic rings. The zero-order valence-corrected chi connectivity index (χ0v) is 14.4. The van der Waals surface area contributed by atoms with E-state index in [1.165, 1.54) is 17.7 Å². The maximum atomic E-state index is 13.0. The van der Waals surface area contributed by atoms with E-state index in [1.54, 1.807) is 12.1 Å². The molecule has 1 aliphatic heterocycles. The van der Waals surface area contributed by atoms with Crippen molar-refractivity contribution in [3.63, 3.8) is 0 Å². The van der Waals surface area contributed by atoms with Crippen LogP contribution in [0.4, 0.5) is 4.39 Å². The molecule has 1 fully saturated rings. The number of hydrogen-bond acceptors (Lipinski definition) is 3. The van der Waals surface area contributed by atoms with Gasteiger partial charge in [-0.15, -0.1) is 0 Å². The molecule has 0 bridgehead atoms. The highest BCUT2D eigenvalue weighted by atomic mass is 19.1. The Balaban J connectivity index is 1.45. The second-order valence-corrected chi connectivity index (χ2v) is 6.79. The van der Waals surface area contributed by atoms with Crippen molar-refractivity contribution >= 4 is 5.78 Å². The molecule has 1 saturated heterocycles. The van der Waals surface area contributed by atoms with Crippen molar-refractivity contribution < 1.29 is 9.18 Å². The third-order valence-corrected chi connectivity index (χ3v) is 5.07. The molecule has 0 aromatic heterocycles. The van der Waals surface area contributed by atoms with Gasteiger partial charge in [0.25, 0.3) is 0 Å². The fraction of sp³-hybridized carbons (Fsp3) is 0.381. The molecule has 4 heteroatoms. The first-order valence-electron chi connectivity index (χ1n) is 8.96. The lowest BCUT2D eigenvalue weighted by Gasteiger charge is -2.32. The van der Waals surface area contributed by atoms with Crippen molar-refractivity contribution in [1.29, 1.82) is 0 Å². The first-order valence-corrected chi connectivity index (χ1v) is 8.96. The number of rotatable bonds is 6. The highest BCUT2D eigenvalue weighted by Gasteiger charge is 2.25. The fourth-order valence-corrected chi connectivity index (χ4v) is 3.46. The predicted octanol–water partition coefficient (Wildman–Crippen LogP) is 3.81. The Kier molecular flexibility index (Phi) is 5.95. The summed E-state index contributed by atoms with van der Waals surface area (Å²) in [7, 11) is 0. The number of nitrogens with two attached hydrogens (primary N) is 1. The number of halogens is 1. The molecule has 0 aliphatic carbocycles. The van der Waals surface area contributed by atoms with Crippen molar-refractivity contribution in [3.05, 3.63) is 71.5 Å². The molecule has 0 amide bonds. The van der Waals surface area contributed by atoms with Crippen LogP contribution in [0.25, 0.3) is 0 Å². The average molecular weight is 340 g/mol. The second kappa shape index (κ2) is 8.37. The van der Waals surface area contributed by atoms with E-state index < -0.39 is 0 Å². The van der Waals surface area contributed by atoms with Gasteiger partial charge in [0.2, 0.25) is 0 Å². The monoisotopic (exact) mass is 340 g/mol. The molecule has 2 aromatic carbocycles. The Morgan fingerprint density at radius 3 is 2.36 bits per heavy atom.